The first-order chi connectivity index (χ1) is 11.1. The van der Waals surface area contributed by atoms with Crippen molar-refractivity contribution in [1.29, 1.82) is 0 Å². The summed E-state index contributed by atoms with van der Waals surface area (Å²) in [5, 5.41) is 0. The van der Waals surface area contributed by atoms with Crippen molar-refractivity contribution in [3.05, 3.63) is 42.0 Å². The van der Waals surface area contributed by atoms with E-state index in [1.165, 1.54) is 6.08 Å². The van der Waals surface area contributed by atoms with E-state index in [1.54, 1.807) is 19.9 Å². The minimum Gasteiger partial charge on any atom is -0.466 e. The largest absolute Gasteiger partial charge is 0.466 e. The summed E-state index contributed by atoms with van der Waals surface area (Å²) in [5.74, 6) is -1.16. The summed E-state index contributed by atoms with van der Waals surface area (Å²) in [6, 6.07) is 9.51. The number of unbranched alkanes of at least 4 members (excludes halogenated alkanes) is 1. The Bertz CT molecular complexity index is 507. The third-order valence-corrected chi connectivity index (χ3v) is 3.54. The maximum atomic E-state index is 12.0. The number of carbonyl (C=O) groups excluding carboxylic acids is 2. The van der Waals surface area contributed by atoms with E-state index in [1.807, 2.05) is 30.3 Å². The topological polar surface area (TPSA) is 52.6 Å². The summed E-state index contributed by atoms with van der Waals surface area (Å²) in [5.41, 5.74) is 0.921. The predicted octanol–water partition coefficient (Wildman–Crippen LogP) is 4.00. The van der Waals surface area contributed by atoms with Gasteiger partial charge in [-0.1, -0.05) is 50.1 Å². The molecule has 0 saturated heterocycles. The smallest absolute Gasteiger partial charge is 0.331 e. The van der Waals surface area contributed by atoms with Crippen LogP contribution in [0.15, 0.2) is 36.4 Å². The monoisotopic (exact) mass is 318 g/mol. The molecule has 0 bridgehead atoms. The summed E-state index contributed by atoms with van der Waals surface area (Å²) < 4.78 is 10.5. The second-order valence-corrected chi connectivity index (χ2v) is 5.39. The van der Waals surface area contributed by atoms with Gasteiger partial charge in [0.1, 0.15) is 6.10 Å². The van der Waals surface area contributed by atoms with Crippen molar-refractivity contribution in [3.63, 3.8) is 0 Å². The first-order valence-corrected chi connectivity index (χ1v) is 8.18. The molecule has 2 atom stereocenters. The highest BCUT2D eigenvalue weighted by Gasteiger charge is 2.28. The van der Waals surface area contributed by atoms with E-state index in [2.05, 4.69) is 6.92 Å². The van der Waals surface area contributed by atoms with Crippen LogP contribution in [0.3, 0.4) is 0 Å². The molecular formula is C19H26O4. The van der Waals surface area contributed by atoms with Gasteiger partial charge in [-0.3, -0.25) is 4.79 Å². The van der Waals surface area contributed by atoms with Crippen molar-refractivity contribution in [1.82, 2.24) is 0 Å². The molecule has 1 rings (SSSR count). The second-order valence-electron chi connectivity index (χ2n) is 5.39. The Balaban J connectivity index is 2.61. The van der Waals surface area contributed by atoms with Crippen molar-refractivity contribution < 1.29 is 19.1 Å². The zero-order chi connectivity index (χ0) is 17.1. The molecule has 0 amide bonds. The molecule has 2 unspecified atom stereocenters. The maximum absolute atomic E-state index is 12.0. The van der Waals surface area contributed by atoms with Gasteiger partial charge in [0.2, 0.25) is 0 Å². The first-order valence-electron chi connectivity index (χ1n) is 8.18. The molecule has 4 nitrogen and oxygen atoms in total. The fourth-order valence-corrected chi connectivity index (χ4v) is 2.25. The lowest BCUT2D eigenvalue weighted by molar-refractivity contribution is -0.158. The lowest BCUT2D eigenvalue weighted by atomic mass is 9.97. The Labute approximate surface area is 138 Å². The molecule has 1 aromatic carbocycles. The Morgan fingerprint density at radius 3 is 2.48 bits per heavy atom. The number of ether oxygens (including phenoxy) is 2. The molecular weight excluding hydrogens is 292 g/mol. The van der Waals surface area contributed by atoms with E-state index >= 15 is 0 Å². The summed E-state index contributed by atoms with van der Waals surface area (Å²) in [7, 11) is 0. The van der Waals surface area contributed by atoms with Crippen LogP contribution < -0.4 is 0 Å². The van der Waals surface area contributed by atoms with Crippen LogP contribution in [0.25, 0.3) is 6.08 Å². The van der Waals surface area contributed by atoms with Gasteiger partial charge in [-0.25, -0.2) is 4.79 Å². The zero-order valence-corrected chi connectivity index (χ0v) is 14.2. The average Bonchev–Trinajstić information content (AvgIpc) is 2.54. The average molecular weight is 318 g/mol. The van der Waals surface area contributed by atoms with Crippen molar-refractivity contribution >= 4 is 18.0 Å². The normalized spacial score (nSPS) is 13.5. The molecule has 0 fully saturated rings. The van der Waals surface area contributed by atoms with Crippen LogP contribution in [0.4, 0.5) is 0 Å². The van der Waals surface area contributed by atoms with Crippen LogP contribution in [0, 0.1) is 5.92 Å². The minimum absolute atomic E-state index is 0.298. The first kappa shape index (κ1) is 18.9. The van der Waals surface area contributed by atoms with Gasteiger partial charge >= 0.3 is 11.9 Å². The summed E-state index contributed by atoms with van der Waals surface area (Å²) >= 11 is 0. The third kappa shape index (κ3) is 7.13. The van der Waals surface area contributed by atoms with E-state index in [-0.39, 0.29) is 5.97 Å². The van der Waals surface area contributed by atoms with Crippen LogP contribution >= 0.6 is 0 Å². The van der Waals surface area contributed by atoms with Crippen LogP contribution in [0.1, 0.15) is 45.6 Å². The SMILES string of the molecule is CCCCC(C(=O)OCC)C(C)OC(=O)C=Cc1ccccc1. The number of hydrogen-bond donors (Lipinski definition) is 0. The third-order valence-electron chi connectivity index (χ3n) is 3.54. The number of rotatable bonds is 9. The number of esters is 2. The quantitative estimate of drug-likeness (QED) is 0.510. The molecule has 0 radical (unpaired) electrons. The van der Waals surface area contributed by atoms with Gasteiger partial charge in [0.15, 0.2) is 0 Å². The number of benzene rings is 1. The zero-order valence-electron chi connectivity index (χ0n) is 14.2. The Kier molecular flexibility index (Phi) is 8.73. The lowest BCUT2D eigenvalue weighted by Crippen LogP contribution is -2.31. The van der Waals surface area contributed by atoms with Crippen LogP contribution in [-0.2, 0) is 19.1 Å². The van der Waals surface area contributed by atoms with Crippen molar-refractivity contribution in [2.45, 2.75) is 46.1 Å². The molecule has 0 N–H and O–H groups in total. The van der Waals surface area contributed by atoms with E-state index in [0.29, 0.717) is 13.0 Å². The van der Waals surface area contributed by atoms with Gasteiger partial charge in [-0.2, -0.15) is 0 Å². The molecule has 4 heteroatoms. The van der Waals surface area contributed by atoms with Crippen LogP contribution in [0.5, 0.6) is 0 Å². The molecule has 0 aliphatic rings. The van der Waals surface area contributed by atoms with Gasteiger partial charge in [0, 0.05) is 6.08 Å². The summed E-state index contributed by atoms with van der Waals surface area (Å²) in [6.45, 7) is 5.90. The number of carbonyl (C=O) groups is 2. The van der Waals surface area contributed by atoms with Gasteiger partial charge in [0.25, 0.3) is 0 Å². The predicted molar refractivity (Wildman–Crippen MR) is 90.7 cm³/mol. The van der Waals surface area contributed by atoms with E-state index in [0.717, 1.165) is 18.4 Å². The standard InChI is InChI=1S/C19H26O4/c1-4-6-12-17(19(21)22-5-2)15(3)23-18(20)14-13-16-10-8-7-9-11-16/h7-11,13-15,17H,4-6,12H2,1-3H3. The van der Waals surface area contributed by atoms with Crippen LogP contribution in [0.2, 0.25) is 0 Å². The van der Waals surface area contributed by atoms with Gasteiger partial charge in [-0.05, 0) is 31.9 Å². The molecule has 0 heterocycles. The highest BCUT2D eigenvalue weighted by atomic mass is 16.6. The highest BCUT2D eigenvalue weighted by molar-refractivity contribution is 5.87. The van der Waals surface area contributed by atoms with Crippen molar-refractivity contribution in [3.8, 4) is 0 Å². The van der Waals surface area contributed by atoms with Crippen molar-refractivity contribution in [2.24, 2.45) is 5.92 Å². The minimum atomic E-state index is -0.506. The Morgan fingerprint density at radius 1 is 1.17 bits per heavy atom. The Hall–Kier alpha value is -2.10. The maximum Gasteiger partial charge on any atom is 0.331 e. The van der Waals surface area contributed by atoms with E-state index in [4.69, 9.17) is 9.47 Å². The van der Waals surface area contributed by atoms with Gasteiger partial charge < -0.3 is 9.47 Å². The van der Waals surface area contributed by atoms with Gasteiger partial charge in [-0.15, -0.1) is 0 Å². The lowest BCUT2D eigenvalue weighted by Gasteiger charge is -2.21. The van der Waals surface area contributed by atoms with Crippen LogP contribution in [-0.4, -0.2) is 24.6 Å². The fourth-order valence-electron chi connectivity index (χ4n) is 2.25. The highest BCUT2D eigenvalue weighted by Crippen LogP contribution is 2.18. The molecule has 0 aromatic heterocycles. The molecule has 0 aliphatic carbocycles. The Morgan fingerprint density at radius 2 is 1.87 bits per heavy atom. The van der Waals surface area contributed by atoms with Crippen molar-refractivity contribution in [2.75, 3.05) is 6.61 Å². The second kappa shape index (κ2) is 10.6. The number of hydrogen-bond acceptors (Lipinski definition) is 4. The molecule has 0 saturated carbocycles. The molecule has 1 aromatic rings. The fraction of sp³-hybridized carbons (Fsp3) is 0.474. The van der Waals surface area contributed by atoms with E-state index < -0.39 is 18.0 Å². The summed E-state index contributed by atoms with van der Waals surface area (Å²) in [4.78, 5) is 23.9. The molecule has 0 spiro atoms. The van der Waals surface area contributed by atoms with Gasteiger partial charge in [0.05, 0.1) is 12.5 Å². The van der Waals surface area contributed by atoms with E-state index in [9.17, 15) is 9.59 Å². The molecule has 126 valence electrons. The molecule has 0 aliphatic heterocycles. The molecule has 23 heavy (non-hydrogen) atoms. The summed E-state index contributed by atoms with van der Waals surface area (Å²) in [6.07, 6.45) is 5.10.